The number of aromatic amines is 1. The Labute approximate surface area is 100 Å². The number of H-pyrrole nitrogens is 1. The molecule has 6 nitrogen and oxygen atoms in total. The number of rotatable bonds is 6. The molecule has 0 aliphatic carbocycles. The van der Waals surface area contributed by atoms with Crippen LogP contribution in [-0.4, -0.2) is 46.6 Å². The molecule has 0 fully saturated rings. The first-order valence-corrected chi connectivity index (χ1v) is 5.89. The summed E-state index contributed by atoms with van der Waals surface area (Å²) in [6.07, 6.45) is 4.35. The molecule has 0 aliphatic rings. The lowest BCUT2D eigenvalue weighted by atomic mass is 10.4. The minimum atomic E-state index is 0.711. The Morgan fingerprint density at radius 3 is 3.00 bits per heavy atom. The van der Waals surface area contributed by atoms with Crippen molar-refractivity contribution in [3.8, 4) is 0 Å². The Balaban J connectivity index is 2.03. The normalized spacial score (nSPS) is 10.9. The van der Waals surface area contributed by atoms with Gasteiger partial charge in [-0.1, -0.05) is 6.92 Å². The van der Waals surface area contributed by atoms with E-state index in [9.17, 15) is 0 Å². The van der Waals surface area contributed by atoms with E-state index in [1.54, 1.807) is 12.7 Å². The van der Waals surface area contributed by atoms with Gasteiger partial charge in [-0.2, -0.15) is 0 Å². The molecule has 0 saturated carbocycles. The van der Waals surface area contributed by atoms with Crippen LogP contribution in [0.25, 0.3) is 11.2 Å². The Morgan fingerprint density at radius 1 is 1.29 bits per heavy atom. The van der Waals surface area contributed by atoms with Gasteiger partial charge in [0.1, 0.15) is 11.8 Å². The van der Waals surface area contributed by atoms with Crippen LogP contribution in [0.2, 0.25) is 0 Å². The van der Waals surface area contributed by atoms with Crippen molar-refractivity contribution in [3.05, 3.63) is 12.7 Å². The summed E-state index contributed by atoms with van der Waals surface area (Å²) in [6.45, 7) is 5.07. The average molecular weight is 234 g/mol. The molecule has 0 radical (unpaired) electrons. The van der Waals surface area contributed by atoms with Crippen LogP contribution in [0.5, 0.6) is 0 Å². The summed E-state index contributed by atoms with van der Waals surface area (Å²) in [6, 6.07) is 0. The first-order valence-electron chi connectivity index (χ1n) is 5.89. The van der Waals surface area contributed by atoms with E-state index in [1.165, 1.54) is 0 Å². The Kier molecular flexibility index (Phi) is 3.87. The summed E-state index contributed by atoms with van der Waals surface area (Å²) < 4.78 is 0. The van der Waals surface area contributed by atoms with E-state index in [0.717, 1.165) is 37.4 Å². The molecule has 0 aliphatic heterocycles. The van der Waals surface area contributed by atoms with Gasteiger partial charge in [0.05, 0.1) is 6.33 Å². The summed E-state index contributed by atoms with van der Waals surface area (Å²) in [5, 5.41) is 3.37. The molecule has 0 spiro atoms. The van der Waals surface area contributed by atoms with Crippen LogP contribution >= 0.6 is 0 Å². The lowest BCUT2D eigenvalue weighted by molar-refractivity contribution is 0.664. The molecule has 0 aromatic carbocycles. The largest absolute Gasteiger partial charge is 0.357 e. The summed E-state index contributed by atoms with van der Waals surface area (Å²) in [4.78, 5) is 17.7. The molecular formula is C11H18N6. The summed E-state index contributed by atoms with van der Waals surface area (Å²) >= 11 is 0. The standard InChI is InChI=1S/C11H18N6/c1-3-4-12-5-6-17(2)11-9-10(14-7-13-9)15-8-16-11/h7-8,12H,3-6H2,1-2H3,(H,13,14,15,16). The average Bonchev–Trinajstić information content (AvgIpc) is 2.82. The first kappa shape index (κ1) is 11.8. The first-order chi connectivity index (χ1) is 8.33. The smallest absolute Gasteiger partial charge is 0.182 e. The molecule has 17 heavy (non-hydrogen) atoms. The van der Waals surface area contributed by atoms with E-state index in [0.29, 0.717) is 5.65 Å². The van der Waals surface area contributed by atoms with Crippen molar-refractivity contribution in [2.24, 2.45) is 0 Å². The number of nitrogens with one attached hydrogen (secondary N) is 2. The monoisotopic (exact) mass is 234 g/mol. The zero-order chi connectivity index (χ0) is 12.1. The molecule has 2 aromatic rings. The SMILES string of the molecule is CCCNCCN(C)c1ncnc2nc[nH]c12. The van der Waals surface area contributed by atoms with Gasteiger partial charge in [0.25, 0.3) is 0 Å². The molecule has 0 bridgehead atoms. The third-order valence-electron chi connectivity index (χ3n) is 2.62. The maximum absolute atomic E-state index is 4.29. The third kappa shape index (κ3) is 2.71. The second kappa shape index (κ2) is 5.58. The summed E-state index contributed by atoms with van der Waals surface area (Å²) in [5.74, 6) is 0.894. The van der Waals surface area contributed by atoms with Crippen molar-refractivity contribution < 1.29 is 0 Å². The Bertz CT molecular complexity index is 466. The lowest BCUT2D eigenvalue weighted by Gasteiger charge is -2.18. The van der Waals surface area contributed by atoms with Gasteiger partial charge < -0.3 is 15.2 Å². The van der Waals surface area contributed by atoms with Gasteiger partial charge in [-0.3, -0.25) is 0 Å². The molecule has 0 unspecified atom stereocenters. The maximum Gasteiger partial charge on any atom is 0.182 e. The van der Waals surface area contributed by atoms with Crippen LogP contribution in [0.4, 0.5) is 5.82 Å². The molecule has 0 atom stereocenters. The van der Waals surface area contributed by atoms with Gasteiger partial charge in [0.2, 0.25) is 0 Å². The van der Waals surface area contributed by atoms with Crippen molar-refractivity contribution in [3.63, 3.8) is 0 Å². The van der Waals surface area contributed by atoms with E-state index in [4.69, 9.17) is 0 Å². The number of imidazole rings is 1. The predicted octanol–water partition coefficient (Wildman–Crippen LogP) is 0.789. The van der Waals surface area contributed by atoms with Crippen molar-refractivity contribution in [2.75, 3.05) is 31.6 Å². The molecule has 2 heterocycles. The highest BCUT2D eigenvalue weighted by Gasteiger charge is 2.09. The number of fused-ring (bicyclic) bond motifs is 1. The van der Waals surface area contributed by atoms with Gasteiger partial charge in [-0.05, 0) is 13.0 Å². The second-order valence-corrected chi connectivity index (χ2v) is 3.97. The summed E-state index contributed by atoms with van der Waals surface area (Å²) in [5.41, 5.74) is 1.61. The third-order valence-corrected chi connectivity index (χ3v) is 2.62. The minimum Gasteiger partial charge on any atom is -0.357 e. The van der Waals surface area contributed by atoms with Crippen LogP contribution in [-0.2, 0) is 0 Å². The fourth-order valence-electron chi connectivity index (χ4n) is 1.70. The highest BCUT2D eigenvalue weighted by Crippen LogP contribution is 2.17. The van der Waals surface area contributed by atoms with Gasteiger partial charge in [-0.25, -0.2) is 15.0 Å². The number of aromatic nitrogens is 4. The Morgan fingerprint density at radius 2 is 2.18 bits per heavy atom. The number of likely N-dealkylation sites (N-methyl/N-ethyl adjacent to an activating group) is 1. The predicted molar refractivity (Wildman–Crippen MR) is 68.1 cm³/mol. The molecule has 6 heteroatoms. The van der Waals surface area contributed by atoms with E-state index in [-0.39, 0.29) is 0 Å². The number of anilines is 1. The number of hydrogen-bond acceptors (Lipinski definition) is 5. The maximum atomic E-state index is 4.29. The molecule has 2 aromatic heterocycles. The molecule has 92 valence electrons. The van der Waals surface area contributed by atoms with Gasteiger partial charge in [-0.15, -0.1) is 0 Å². The highest BCUT2D eigenvalue weighted by molar-refractivity contribution is 5.82. The molecule has 0 amide bonds. The fourth-order valence-corrected chi connectivity index (χ4v) is 1.70. The van der Waals surface area contributed by atoms with Crippen LogP contribution in [0, 0.1) is 0 Å². The van der Waals surface area contributed by atoms with Crippen LogP contribution in [0.3, 0.4) is 0 Å². The van der Waals surface area contributed by atoms with E-state index >= 15 is 0 Å². The highest BCUT2D eigenvalue weighted by atomic mass is 15.2. The topological polar surface area (TPSA) is 69.7 Å². The van der Waals surface area contributed by atoms with Gasteiger partial charge >= 0.3 is 0 Å². The van der Waals surface area contributed by atoms with Crippen LogP contribution in [0.15, 0.2) is 12.7 Å². The van der Waals surface area contributed by atoms with Crippen molar-refractivity contribution in [1.29, 1.82) is 0 Å². The van der Waals surface area contributed by atoms with Crippen molar-refractivity contribution in [1.82, 2.24) is 25.3 Å². The second-order valence-electron chi connectivity index (χ2n) is 3.97. The van der Waals surface area contributed by atoms with E-state index in [2.05, 4.69) is 37.1 Å². The summed E-state index contributed by atoms with van der Waals surface area (Å²) in [7, 11) is 2.02. The zero-order valence-corrected chi connectivity index (χ0v) is 10.3. The zero-order valence-electron chi connectivity index (χ0n) is 10.3. The fraction of sp³-hybridized carbons (Fsp3) is 0.545. The minimum absolute atomic E-state index is 0.711. The van der Waals surface area contributed by atoms with Gasteiger partial charge in [0, 0.05) is 20.1 Å². The molecule has 0 saturated heterocycles. The quantitative estimate of drug-likeness (QED) is 0.723. The van der Waals surface area contributed by atoms with Crippen molar-refractivity contribution in [2.45, 2.75) is 13.3 Å². The molecule has 2 N–H and O–H groups in total. The van der Waals surface area contributed by atoms with E-state index in [1.807, 2.05) is 7.05 Å². The van der Waals surface area contributed by atoms with Gasteiger partial charge in [0.15, 0.2) is 11.5 Å². The van der Waals surface area contributed by atoms with Crippen molar-refractivity contribution >= 4 is 17.0 Å². The Hall–Kier alpha value is -1.69. The lowest BCUT2D eigenvalue weighted by Crippen LogP contribution is -2.30. The van der Waals surface area contributed by atoms with E-state index < -0.39 is 0 Å². The van der Waals surface area contributed by atoms with Crippen LogP contribution < -0.4 is 10.2 Å². The van der Waals surface area contributed by atoms with Crippen LogP contribution in [0.1, 0.15) is 13.3 Å². The number of hydrogen-bond donors (Lipinski definition) is 2. The molecular weight excluding hydrogens is 216 g/mol. The molecule has 2 rings (SSSR count). The number of nitrogens with zero attached hydrogens (tertiary/aromatic N) is 4.